The second kappa shape index (κ2) is 7.71. The minimum Gasteiger partial charge on any atom is -0.382 e. The second-order valence-electron chi connectivity index (χ2n) is 9.15. The van der Waals surface area contributed by atoms with Crippen LogP contribution in [0.1, 0.15) is 44.3 Å². The lowest BCUT2D eigenvalue weighted by Crippen LogP contribution is -2.52. The number of nitrogens with zero attached hydrogens (tertiary/aromatic N) is 4. The number of aryl methyl sites for hydroxylation is 1. The molecule has 0 aliphatic carbocycles. The van der Waals surface area contributed by atoms with Gasteiger partial charge in [0, 0.05) is 56.0 Å². The number of piperidine rings is 1. The molecule has 2 aromatic rings. The molecule has 3 aliphatic rings. The van der Waals surface area contributed by atoms with Crippen LogP contribution >= 0.6 is 0 Å². The van der Waals surface area contributed by atoms with Gasteiger partial charge in [0.2, 0.25) is 5.91 Å². The first-order valence-corrected chi connectivity index (χ1v) is 11.1. The Morgan fingerprint density at radius 2 is 1.83 bits per heavy atom. The number of aromatic nitrogens is 2. The van der Waals surface area contributed by atoms with Gasteiger partial charge in [-0.2, -0.15) is 0 Å². The zero-order valence-corrected chi connectivity index (χ0v) is 17.6. The Bertz CT molecular complexity index is 889. The Hall–Kier alpha value is -2.38. The predicted molar refractivity (Wildman–Crippen MR) is 116 cm³/mol. The van der Waals surface area contributed by atoms with E-state index in [0.717, 1.165) is 37.4 Å². The van der Waals surface area contributed by atoms with Crippen molar-refractivity contribution >= 4 is 17.3 Å². The molecule has 7 nitrogen and oxygen atoms in total. The number of hydrogen-bond donors (Lipinski definition) is 2. The number of carbonyl (C=O) groups is 1. The fourth-order valence-corrected chi connectivity index (χ4v) is 5.67. The summed E-state index contributed by atoms with van der Waals surface area (Å²) in [5, 5.41) is 14.3. The lowest BCUT2D eigenvalue weighted by Gasteiger charge is -2.43. The van der Waals surface area contributed by atoms with Crippen LogP contribution in [0, 0.1) is 0 Å². The number of nitrogens with one attached hydrogen (secondary N) is 1. The molecule has 7 heteroatoms. The summed E-state index contributed by atoms with van der Waals surface area (Å²) in [5.41, 5.74) is 1.17. The third kappa shape index (κ3) is 3.61. The van der Waals surface area contributed by atoms with Crippen molar-refractivity contribution in [2.75, 3.05) is 29.9 Å². The Morgan fingerprint density at radius 1 is 1.17 bits per heavy atom. The Morgan fingerprint density at radius 3 is 2.43 bits per heavy atom. The molecule has 30 heavy (non-hydrogen) atoms. The van der Waals surface area contributed by atoms with Gasteiger partial charge in [-0.05, 0) is 62.8 Å². The van der Waals surface area contributed by atoms with Crippen molar-refractivity contribution in [2.24, 2.45) is 7.05 Å². The van der Waals surface area contributed by atoms with Gasteiger partial charge in [0.25, 0.3) is 0 Å². The van der Waals surface area contributed by atoms with Crippen LogP contribution in [0.2, 0.25) is 0 Å². The van der Waals surface area contributed by atoms with Crippen LogP contribution in [0.5, 0.6) is 0 Å². The third-order valence-electron chi connectivity index (χ3n) is 7.10. The maximum atomic E-state index is 12.7. The second-order valence-corrected chi connectivity index (χ2v) is 9.15. The number of anilines is 2. The van der Waals surface area contributed by atoms with E-state index in [9.17, 15) is 9.90 Å². The normalized spacial score (nSPS) is 28.8. The van der Waals surface area contributed by atoms with Crippen molar-refractivity contribution in [2.45, 2.75) is 56.2 Å². The number of aliphatic hydroxyl groups is 1. The highest BCUT2D eigenvalue weighted by Gasteiger charge is 2.50. The molecule has 1 aromatic carbocycles. The lowest BCUT2D eigenvalue weighted by atomic mass is 9.85. The van der Waals surface area contributed by atoms with E-state index in [1.54, 1.807) is 6.20 Å². The van der Waals surface area contributed by atoms with Gasteiger partial charge in [0.1, 0.15) is 11.4 Å². The Labute approximate surface area is 177 Å². The van der Waals surface area contributed by atoms with E-state index in [4.69, 9.17) is 0 Å². The van der Waals surface area contributed by atoms with Gasteiger partial charge in [-0.25, -0.2) is 4.98 Å². The van der Waals surface area contributed by atoms with Crippen molar-refractivity contribution in [3.63, 3.8) is 0 Å². The van der Waals surface area contributed by atoms with Gasteiger partial charge in [0.15, 0.2) is 0 Å². The topological polar surface area (TPSA) is 73.6 Å². The summed E-state index contributed by atoms with van der Waals surface area (Å²) in [6.07, 6.45) is 9.44. The lowest BCUT2D eigenvalue weighted by molar-refractivity contribution is -0.121. The molecule has 0 saturated carbocycles. The molecule has 1 aromatic heterocycles. The summed E-state index contributed by atoms with van der Waals surface area (Å²) in [5.74, 6) is 0.754. The average Bonchev–Trinajstić information content (AvgIpc) is 3.45. The van der Waals surface area contributed by atoms with Crippen molar-refractivity contribution in [3.8, 4) is 0 Å². The van der Waals surface area contributed by atoms with Gasteiger partial charge >= 0.3 is 0 Å². The summed E-state index contributed by atoms with van der Waals surface area (Å²) in [6.45, 7) is 2.61. The van der Waals surface area contributed by atoms with E-state index in [2.05, 4.69) is 32.2 Å². The summed E-state index contributed by atoms with van der Waals surface area (Å²) in [7, 11) is 1.93. The van der Waals surface area contributed by atoms with Crippen molar-refractivity contribution < 1.29 is 9.90 Å². The summed E-state index contributed by atoms with van der Waals surface area (Å²) >= 11 is 0. The molecule has 2 bridgehead atoms. The number of carbonyl (C=O) groups excluding carboxylic acids is 1. The summed E-state index contributed by atoms with van der Waals surface area (Å²) < 4.78 is 1.91. The highest BCUT2D eigenvalue weighted by molar-refractivity contribution is 5.92. The van der Waals surface area contributed by atoms with E-state index in [1.165, 1.54) is 18.5 Å². The molecule has 3 fully saturated rings. The van der Waals surface area contributed by atoms with Crippen LogP contribution in [-0.4, -0.2) is 57.2 Å². The zero-order chi connectivity index (χ0) is 20.7. The molecular weight excluding hydrogens is 378 g/mol. The van der Waals surface area contributed by atoms with Gasteiger partial charge in [-0.3, -0.25) is 9.69 Å². The molecule has 5 rings (SSSR count). The Balaban J connectivity index is 1.20. The van der Waals surface area contributed by atoms with Crippen LogP contribution in [0.25, 0.3) is 0 Å². The van der Waals surface area contributed by atoms with Gasteiger partial charge < -0.3 is 19.9 Å². The van der Waals surface area contributed by atoms with Crippen LogP contribution < -0.4 is 10.2 Å². The maximum absolute atomic E-state index is 12.7. The van der Waals surface area contributed by atoms with Crippen molar-refractivity contribution in [1.82, 2.24) is 14.5 Å². The molecule has 2 N–H and O–H groups in total. The first-order valence-electron chi connectivity index (χ1n) is 11.1. The molecule has 0 unspecified atom stereocenters. The molecule has 1 amide bonds. The van der Waals surface area contributed by atoms with Crippen molar-refractivity contribution in [1.29, 1.82) is 0 Å². The highest BCUT2D eigenvalue weighted by Crippen LogP contribution is 2.45. The van der Waals surface area contributed by atoms with Gasteiger partial charge in [0.05, 0.1) is 6.54 Å². The fourth-order valence-electron chi connectivity index (χ4n) is 5.67. The van der Waals surface area contributed by atoms with Gasteiger partial charge in [-0.1, -0.05) is 0 Å². The van der Waals surface area contributed by atoms with Crippen molar-refractivity contribution in [3.05, 3.63) is 42.5 Å². The molecule has 0 spiro atoms. The fraction of sp³-hybridized carbons (Fsp3) is 0.565. The quantitative estimate of drug-likeness (QED) is 0.794. The van der Waals surface area contributed by atoms with Crippen LogP contribution in [-0.2, 0) is 17.4 Å². The maximum Gasteiger partial charge on any atom is 0.238 e. The molecule has 3 saturated heterocycles. The number of rotatable bonds is 5. The molecule has 0 radical (unpaired) electrons. The number of benzene rings is 1. The van der Waals surface area contributed by atoms with Crippen LogP contribution in [0.15, 0.2) is 36.7 Å². The van der Waals surface area contributed by atoms with E-state index in [-0.39, 0.29) is 18.0 Å². The smallest absolute Gasteiger partial charge is 0.238 e. The van der Waals surface area contributed by atoms with E-state index < -0.39 is 5.60 Å². The summed E-state index contributed by atoms with van der Waals surface area (Å²) in [4.78, 5) is 21.8. The number of amides is 1. The minimum atomic E-state index is -0.900. The monoisotopic (exact) mass is 409 g/mol. The standard InChI is InChI=1S/C23H31N5O2/c1-26-13-10-24-22(26)23(30)14-19-8-9-20(15-23)28(19)16-21(29)25-17-4-6-18(7-5-17)27-11-2-3-12-27/h4-7,10,13,19-20,30H,2-3,8-9,11-12,14-16H2,1H3,(H,25,29)/t19-,20-/m1/s1. The number of hydrogen-bond acceptors (Lipinski definition) is 5. The predicted octanol–water partition coefficient (Wildman–Crippen LogP) is 2.47. The largest absolute Gasteiger partial charge is 0.382 e. The van der Waals surface area contributed by atoms with E-state index in [0.29, 0.717) is 19.4 Å². The molecule has 160 valence electrons. The first kappa shape index (κ1) is 19.6. The molecule has 2 atom stereocenters. The van der Waals surface area contributed by atoms with Crippen LogP contribution in [0.3, 0.4) is 0 Å². The third-order valence-corrected chi connectivity index (χ3v) is 7.10. The minimum absolute atomic E-state index is 0.0169. The SMILES string of the molecule is Cn1ccnc1C1(O)C[C@H]2CC[C@H](C1)N2CC(=O)Nc1ccc(N2CCCC2)cc1. The van der Waals surface area contributed by atoms with E-state index in [1.807, 2.05) is 29.9 Å². The van der Waals surface area contributed by atoms with Gasteiger partial charge in [-0.15, -0.1) is 0 Å². The molecule has 3 aliphatic heterocycles. The first-order chi connectivity index (χ1) is 14.5. The summed E-state index contributed by atoms with van der Waals surface area (Å²) in [6, 6.07) is 8.62. The van der Waals surface area contributed by atoms with Crippen LogP contribution in [0.4, 0.5) is 11.4 Å². The molecule has 4 heterocycles. The molecular formula is C23H31N5O2. The number of imidazole rings is 1. The Kier molecular flexibility index (Phi) is 5.03. The van der Waals surface area contributed by atoms with E-state index >= 15 is 0 Å². The average molecular weight is 410 g/mol. The zero-order valence-electron chi connectivity index (χ0n) is 17.6. The number of fused-ring (bicyclic) bond motifs is 2. The highest BCUT2D eigenvalue weighted by atomic mass is 16.3.